The number of nitrogens with zero attached hydrogens (tertiary/aromatic N) is 1. The minimum atomic E-state index is -0.512. The van der Waals surface area contributed by atoms with E-state index in [4.69, 9.17) is 17.3 Å². The van der Waals surface area contributed by atoms with Crippen LogP contribution in [0.4, 0.5) is 22.7 Å². The number of nitrogens with two attached hydrogens (primary N) is 1. The van der Waals surface area contributed by atoms with Gasteiger partial charge in [-0.05, 0) is 46.3 Å². The average molecular weight is 343 g/mol. The Hall–Kier alpha value is -1.79. The molecule has 5 nitrogen and oxygen atoms in total. The molecule has 0 aliphatic rings. The molecule has 0 amide bonds. The third-order valence-corrected chi connectivity index (χ3v) is 3.34. The predicted molar refractivity (Wildman–Crippen MR) is 79.9 cm³/mol. The lowest BCUT2D eigenvalue weighted by atomic mass is 10.2. The van der Waals surface area contributed by atoms with Gasteiger partial charge in [-0.25, -0.2) is 0 Å². The number of nitrogens with one attached hydrogen (secondary N) is 1. The van der Waals surface area contributed by atoms with E-state index in [2.05, 4.69) is 21.2 Å². The first kappa shape index (κ1) is 13.6. The molecule has 0 aliphatic carbocycles. The molecule has 0 fully saturated rings. The number of nitro benzene ring substituents is 1. The van der Waals surface area contributed by atoms with E-state index in [0.717, 1.165) is 0 Å². The highest BCUT2D eigenvalue weighted by Crippen LogP contribution is 2.35. The van der Waals surface area contributed by atoms with Gasteiger partial charge in [-0.3, -0.25) is 10.1 Å². The lowest BCUT2D eigenvalue weighted by Gasteiger charge is -2.10. The molecule has 19 heavy (non-hydrogen) atoms. The predicted octanol–water partition coefficient (Wildman–Crippen LogP) is 4.34. The molecule has 98 valence electrons. The van der Waals surface area contributed by atoms with Gasteiger partial charge in [0.25, 0.3) is 0 Å². The number of para-hydroxylation sites is 1. The van der Waals surface area contributed by atoms with Crippen molar-refractivity contribution in [3.05, 3.63) is 56.0 Å². The molecule has 0 spiro atoms. The Morgan fingerprint density at radius 1 is 1.26 bits per heavy atom. The van der Waals surface area contributed by atoms with Gasteiger partial charge in [0.05, 0.1) is 10.6 Å². The standard InChI is InChI=1S/C12H9BrClN3O2/c13-8-6-7(14)4-5-10(8)16-11-3-1-2-9(15)12(11)17(18)19/h1-6,16H,15H2. The molecule has 0 bridgehead atoms. The zero-order valence-corrected chi connectivity index (χ0v) is 11.9. The number of nitrogen functional groups attached to an aromatic ring is 1. The molecule has 2 rings (SSSR count). The summed E-state index contributed by atoms with van der Waals surface area (Å²) in [5, 5.41) is 14.6. The number of anilines is 3. The van der Waals surface area contributed by atoms with Crippen molar-refractivity contribution in [3.8, 4) is 0 Å². The quantitative estimate of drug-likeness (QED) is 0.494. The molecule has 2 aromatic carbocycles. The Balaban J connectivity index is 2.44. The topological polar surface area (TPSA) is 81.2 Å². The van der Waals surface area contributed by atoms with E-state index in [1.54, 1.807) is 30.3 Å². The van der Waals surface area contributed by atoms with Crippen molar-refractivity contribution in [1.82, 2.24) is 0 Å². The van der Waals surface area contributed by atoms with Gasteiger partial charge in [-0.1, -0.05) is 17.7 Å². The average Bonchev–Trinajstić information content (AvgIpc) is 2.32. The van der Waals surface area contributed by atoms with Crippen LogP contribution in [0.5, 0.6) is 0 Å². The minimum Gasteiger partial charge on any atom is -0.393 e. The zero-order chi connectivity index (χ0) is 14.0. The summed E-state index contributed by atoms with van der Waals surface area (Å²) < 4.78 is 0.705. The van der Waals surface area contributed by atoms with Crippen molar-refractivity contribution in [2.75, 3.05) is 11.1 Å². The van der Waals surface area contributed by atoms with Crippen LogP contribution in [0.2, 0.25) is 5.02 Å². The van der Waals surface area contributed by atoms with Crippen LogP contribution in [-0.4, -0.2) is 4.92 Å². The lowest BCUT2D eigenvalue weighted by Crippen LogP contribution is -2.01. The number of nitro groups is 1. The second-order valence-electron chi connectivity index (χ2n) is 3.75. The summed E-state index contributed by atoms with van der Waals surface area (Å²) in [6, 6.07) is 9.83. The third-order valence-electron chi connectivity index (χ3n) is 2.45. The van der Waals surface area contributed by atoms with E-state index in [1.807, 2.05) is 0 Å². The van der Waals surface area contributed by atoms with E-state index in [9.17, 15) is 10.1 Å². The summed E-state index contributed by atoms with van der Waals surface area (Å²) in [5.74, 6) is 0. The molecule has 0 aliphatic heterocycles. The first-order chi connectivity index (χ1) is 8.99. The smallest absolute Gasteiger partial charge is 0.315 e. The van der Waals surface area contributed by atoms with Crippen LogP contribution in [0.1, 0.15) is 0 Å². The molecule has 0 aromatic heterocycles. The molecule has 0 heterocycles. The highest BCUT2D eigenvalue weighted by atomic mass is 79.9. The van der Waals surface area contributed by atoms with Gasteiger partial charge in [-0.15, -0.1) is 0 Å². The van der Waals surface area contributed by atoms with E-state index in [1.165, 1.54) is 6.07 Å². The summed E-state index contributed by atoms with van der Waals surface area (Å²) in [6.45, 7) is 0. The summed E-state index contributed by atoms with van der Waals surface area (Å²) in [5.41, 5.74) is 6.58. The SMILES string of the molecule is Nc1cccc(Nc2ccc(Cl)cc2Br)c1[N+](=O)[O-]. The Morgan fingerprint density at radius 3 is 2.63 bits per heavy atom. The van der Waals surface area contributed by atoms with E-state index in [0.29, 0.717) is 20.9 Å². The van der Waals surface area contributed by atoms with Gasteiger partial charge in [-0.2, -0.15) is 0 Å². The maximum atomic E-state index is 11.0. The van der Waals surface area contributed by atoms with Gasteiger partial charge in [0.2, 0.25) is 0 Å². The third kappa shape index (κ3) is 2.97. The van der Waals surface area contributed by atoms with Gasteiger partial charge in [0.15, 0.2) is 0 Å². The minimum absolute atomic E-state index is 0.111. The number of halogens is 2. The van der Waals surface area contributed by atoms with Crippen molar-refractivity contribution >= 4 is 50.3 Å². The number of hydrogen-bond donors (Lipinski definition) is 2. The second kappa shape index (κ2) is 5.46. The monoisotopic (exact) mass is 341 g/mol. The first-order valence-corrected chi connectivity index (χ1v) is 6.41. The highest BCUT2D eigenvalue weighted by Gasteiger charge is 2.18. The molecule has 0 unspecified atom stereocenters. The molecule has 3 N–H and O–H groups in total. The number of hydrogen-bond acceptors (Lipinski definition) is 4. The molecular weight excluding hydrogens is 334 g/mol. The number of rotatable bonds is 3. The Morgan fingerprint density at radius 2 is 2.00 bits per heavy atom. The van der Waals surface area contributed by atoms with E-state index in [-0.39, 0.29) is 11.4 Å². The van der Waals surface area contributed by atoms with Crippen LogP contribution in [0.3, 0.4) is 0 Å². The fourth-order valence-corrected chi connectivity index (χ4v) is 2.38. The van der Waals surface area contributed by atoms with Crippen LogP contribution in [0, 0.1) is 10.1 Å². The molecule has 0 atom stereocenters. The number of benzene rings is 2. The van der Waals surface area contributed by atoms with Crippen LogP contribution in [-0.2, 0) is 0 Å². The fourth-order valence-electron chi connectivity index (χ4n) is 1.60. The first-order valence-electron chi connectivity index (χ1n) is 5.24. The molecule has 2 aromatic rings. The van der Waals surface area contributed by atoms with Gasteiger partial charge >= 0.3 is 5.69 Å². The molecule has 7 heteroatoms. The summed E-state index contributed by atoms with van der Waals surface area (Å²) in [4.78, 5) is 10.5. The fraction of sp³-hybridized carbons (Fsp3) is 0. The summed E-state index contributed by atoms with van der Waals surface area (Å²) >= 11 is 9.18. The normalized spacial score (nSPS) is 10.2. The van der Waals surface area contributed by atoms with E-state index >= 15 is 0 Å². The van der Waals surface area contributed by atoms with Crippen molar-refractivity contribution in [2.45, 2.75) is 0 Å². The van der Waals surface area contributed by atoms with Crippen molar-refractivity contribution in [2.24, 2.45) is 0 Å². The van der Waals surface area contributed by atoms with Crippen molar-refractivity contribution < 1.29 is 4.92 Å². The van der Waals surface area contributed by atoms with Gasteiger partial charge in [0.1, 0.15) is 11.4 Å². The van der Waals surface area contributed by atoms with Crippen LogP contribution in [0.15, 0.2) is 40.9 Å². The molecule has 0 radical (unpaired) electrons. The zero-order valence-electron chi connectivity index (χ0n) is 9.56. The molecule has 0 saturated carbocycles. The summed E-state index contributed by atoms with van der Waals surface area (Å²) in [6.07, 6.45) is 0. The Kier molecular flexibility index (Phi) is 3.92. The Bertz CT molecular complexity index is 649. The summed E-state index contributed by atoms with van der Waals surface area (Å²) in [7, 11) is 0. The van der Waals surface area contributed by atoms with Crippen molar-refractivity contribution in [1.29, 1.82) is 0 Å². The van der Waals surface area contributed by atoms with E-state index < -0.39 is 4.92 Å². The van der Waals surface area contributed by atoms with Gasteiger partial charge in [0, 0.05) is 9.50 Å². The van der Waals surface area contributed by atoms with Crippen molar-refractivity contribution in [3.63, 3.8) is 0 Å². The highest BCUT2D eigenvalue weighted by molar-refractivity contribution is 9.10. The van der Waals surface area contributed by atoms with Crippen LogP contribution >= 0.6 is 27.5 Å². The molecular formula is C12H9BrClN3O2. The van der Waals surface area contributed by atoms with Gasteiger partial charge < -0.3 is 11.1 Å². The maximum absolute atomic E-state index is 11.0. The largest absolute Gasteiger partial charge is 0.393 e. The Labute approximate surface area is 122 Å². The van der Waals surface area contributed by atoms with Crippen LogP contribution < -0.4 is 11.1 Å². The lowest BCUT2D eigenvalue weighted by molar-refractivity contribution is -0.383. The second-order valence-corrected chi connectivity index (χ2v) is 5.04. The maximum Gasteiger partial charge on any atom is 0.315 e. The van der Waals surface area contributed by atoms with Crippen LogP contribution in [0.25, 0.3) is 0 Å². The molecule has 0 saturated heterocycles.